The molecule has 0 spiro atoms. The molecule has 1 rings (SSSR count). The zero-order valence-corrected chi connectivity index (χ0v) is 13.9. The van der Waals surface area contributed by atoms with E-state index in [9.17, 15) is 22.8 Å². The summed E-state index contributed by atoms with van der Waals surface area (Å²) in [5, 5.41) is -1.42. The van der Waals surface area contributed by atoms with Crippen LogP contribution in [0.4, 0.5) is 0 Å². The van der Waals surface area contributed by atoms with Crippen molar-refractivity contribution in [2.45, 2.75) is 51.7 Å². The molecule has 0 aromatic heterocycles. The number of ketones is 1. The van der Waals surface area contributed by atoms with Gasteiger partial charge in [0.15, 0.2) is 5.78 Å². The third-order valence-electron chi connectivity index (χ3n) is 3.07. The molecule has 0 saturated heterocycles. The van der Waals surface area contributed by atoms with Gasteiger partial charge in [-0.15, -0.1) is 0 Å². The zero-order chi connectivity index (χ0) is 17.3. The molecule has 0 aliphatic carbocycles. The van der Waals surface area contributed by atoms with Crippen molar-refractivity contribution in [1.82, 2.24) is 4.90 Å². The van der Waals surface area contributed by atoms with Gasteiger partial charge in [-0.2, -0.15) is 8.42 Å². The lowest BCUT2D eigenvalue weighted by Crippen LogP contribution is -2.32. The molecule has 0 aromatic carbocycles. The first kappa shape index (κ1) is 20.5. The topological polar surface area (TPSA) is 109 Å². The Balaban J connectivity index is 0.00000211. The SMILES string of the molecule is CC.CCC(=O)C(CCCCN1C(=O)C=CC1=O)S(=O)(=O)O. The highest BCUT2D eigenvalue weighted by Crippen LogP contribution is 2.13. The van der Waals surface area contributed by atoms with E-state index in [4.69, 9.17) is 4.55 Å². The lowest BCUT2D eigenvalue weighted by molar-refractivity contribution is -0.136. The molecular formula is C14H23NO6S. The molecule has 1 unspecified atom stereocenters. The lowest BCUT2D eigenvalue weighted by atomic mass is 10.1. The first-order valence-electron chi connectivity index (χ1n) is 7.30. The predicted octanol–water partition coefficient (Wildman–Crippen LogP) is 1.34. The van der Waals surface area contributed by atoms with Crippen LogP contribution in [0.2, 0.25) is 0 Å². The molecule has 1 aliphatic heterocycles. The molecule has 1 heterocycles. The first-order valence-corrected chi connectivity index (χ1v) is 8.80. The molecular weight excluding hydrogens is 310 g/mol. The third kappa shape index (κ3) is 6.07. The second-order valence-corrected chi connectivity index (χ2v) is 6.08. The molecule has 22 heavy (non-hydrogen) atoms. The van der Waals surface area contributed by atoms with Gasteiger partial charge >= 0.3 is 0 Å². The number of hydrogen-bond donors (Lipinski definition) is 1. The van der Waals surface area contributed by atoms with E-state index in [1.165, 1.54) is 19.1 Å². The van der Waals surface area contributed by atoms with E-state index in [1.54, 1.807) is 0 Å². The fourth-order valence-corrected chi connectivity index (χ4v) is 2.92. The Morgan fingerprint density at radius 2 is 1.68 bits per heavy atom. The number of unbranched alkanes of at least 4 members (excludes halogenated alkanes) is 1. The smallest absolute Gasteiger partial charge is 0.274 e. The van der Waals surface area contributed by atoms with Crippen LogP contribution >= 0.6 is 0 Å². The molecule has 2 amide bonds. The van der Waals surface area contributed by atoms with Gasteiger partial charge in [0, 0.05) is 25.1 Å². The summed E-state index contributed by atoms with van der Waals surface area (Å²) in [6.45, 7) is 5.69. The van der Waals surface area contributed by atoms with Gasteiger partial charge in [-0.25, -0.2) is 0 Å². The van der Waals surface area contributed by atoms with Crippen molar-refractivity contribution >= 4 is 27.7 Å². The van der Waals surface area contributed by atoms with Crippen LogP contribution in [-0.2, 0) is 24.5 Å². The minimum Gasteiger partial charge on any atom is -0.298 e. The molecule has 1 atom stereocenters. The van der Waals surface area contributed by atoms with E-state index >= 15 is 0 Å². The van der Waals surface area contributed by atoms with Gasteiger partial charge in [-0.1, -0.05) is 20.8 Å². The van der Waals surface area contributed by atoms with Crippen molar-refractivity contribution in [2.75, 3.05) is 6.54 Å². The third-order valence-corrected chi connectivity index (χ3v) is 4.28. The molecule has 0 aromatic rings. The Morgan fingerprint density at radius 3 is 2.09 bits per heavy atom. The normalized spacial score (nSPS) is 15.5. The highest BCUT2D eigenvalue weighted by atomic mass is 32.2. The second kappa shape index (κ2) is 9.47. The van der Waals surface area contributed by atoms with Gasteiger partial charge in [0.05, 0.1) is 0 Å². The fourth-order valence-electron chi connectivity index (χ4n) is 1.95. The van der Waals surface area contributed by atoms with Crippen molar-refractivity contribution in [3.63, 3.8) is 0 Å². The van der Waals surface area contributed by atoms with Gasteiger partial charge in [0.2, 0.25) is 0 Å². The average molecular weight is 333 g/mol. The van der Waals surface area contributed by atoms with Crippen LogP contribution in [-0.4, -0.2) is 47.3 Å². The van der Waals surface area contributed by atoms with Crippen LogP contribution in [0.1, 0.15) is 46.5 Å². The van der Waals surface area contributed by atoms with Crippen LogP contribution in [0.15, 0.2) is 12.2 Å². The number of imide groups is 1. The molecule has 0 bridgehead atoms. The minimum absolute atomic E-state index is 0.0187. The summed E-state index contributed by atoms with van der Waals surface area (Å²) in [5.74, 6) is -1.33. The minimum atomic E-state index is -4.41. The molecule has 0 saturated carbocycles. The molecule has 7 nitrogen and oxygen atoms in total. The summed E-state index contributed by atoms with van der Waals surface area (Å²) in [5.41, 5.74) is 0. The molecule has 1 aliphatic rings. The van der Waals surface area contributed by atoms with E-state index in [0.717, 1.165) is 4.90 Å². The van der Waals surface area contributed by atoms with Crippen LogP contribution in [0.5, 0.6) is 0 Å². The van der Waals surface area contributed by atoms with Crippen LogP contribution in [0.3, 0.4) is 0 Å². The maximum Gasteiger partial charge on any atom is 0.274 e. The van der Waals surface area contributed by atoms with E-state index in [1.807, 2.05) is 13.8 Å². The van der Waals surface area contributed by atoms with Crippen LogP contribution in [0.25, 0.3) is 0 Å². The highest BCUT2D eigenvalue weighted by Gasteiger charge is 2.29. The maximum absolute atomic E-state index is 11.4. The Labute approximate surface area is 131 Å². The molecule has 126 valence electrons. The number of nitrogens with zero attached hydrogens (tertiary/aromatic N) is 1. The standard InChI is InChI=1S/C12H17NO6S.C2H6/c1-2-9(14)10(20(17,18)19)5-3-4-8-13-11(15)6-7-12(13)16;1-2/h6-7,10H,2-5,8H2,1H3,(H,17,18,19);1-2H3. The van der Waals surface area contributed by atoms with Crippen molar-refractivity contribution in [2.24, 2.45) is 0 Å². The van der Waals surface area contributed by atoms with Crippen LogP contribution < -0.4 is 0 Å². The summed E-state index contributed by atoms with van der Waals surface area (Å²) >= 11 is 0. The Hall–Kier alpha value is -1.54. The summed E-state index contributed by atoms with van der Waals surface area (Å²) in [4.78, 5) is 35.0. The highest BCUT2D eigenvalue weighted by molar-refractivity contribution is 7.87. The van der Waals surface area contributed by atoms with Gasteiger partial charge in [-0.05, 0) is 19.3 Å². The zero-order valence-electron chi connectivity index (χ0n) is 13.1. The number of rotatable bonds is 8. The van der Waals surface area contributed by atoms with E-state index in [0.29, 0.717) is 12.8 Å². The lowest BCUT2D eigenvalue weighted by Gasteiger charge is -2.15. The van der Waals surface area contributed by atoms with Crippen molar-refractivity contribution in [1.29, 1.82) is 0 Å². The fraction of sp³-hybridized carbons (Fsp3) is 0.643. The number of hydrogen-bond acceptors (Lipinski definition) is 5. The molecule has 0 radical (unpaired) electrons. The molecule has 8 heteroatoms. The summed E-state index contributed by atoms with van der Waals surface area (Å²) < 4.78 is 31.2. The first-order chi connectivity index (χ1) is 10.3. The van der Waals surface area contributed by atoms with Crippen molar-refractivity contribution in [3.05, 3.63) is 12.2 Å². The monoisotopic (exact) mass is 333 g/mol. The maximum atomic E-state index is 11.4. The second-order valence-electron chi connectivity index (χ2n) is 4.48. The number of Topliss-reactive ketones (excluding diaryl/α,β-unsaturated/α-hetero) is 1. The van der Waals surface area contributed by atoms with E-state index in [-0.39, 0.29) is 19.4 Å². The van der Waals surface area contributed by atoms with Crippen molar-refractivity contribution < 1.29 is 27.4 Å². The van der Waals surface area contributed by atoms with Gasteiger partial charge in [0.25, 0.3) is 21.9 Å². The summed E-state index contributed by atoms with van der Waals surface area (Å²) in [6, 6.07) is 0. The predicted molar refractivity (Wildman–Crippen MR) is 81.7 cm³/mol. The Bertz CT molecular complexity index is 520. The summed E-state index contributed by atoms with van der Waals surface area (Å²) in [7, 11) is -4.41. The average Bonchev–Trinajstić information content (AvgIpc) is 2.78. The van der Waals surface area contributed by atoms with Gasteiger partial charge < -0.3 is 0 Å². The largest absolute Gasteiger partial charge is 0.298 e. The van der Waals surface area contributed by atoms with Crippen molar-refractivity contribution in [3.8, 4) is 0 Å². The van der Waals surface area contributed by atoms with Gasteiger partial charge in [-0.3, -0.25) is 23.8 Å². The van der Waals surface area contributed by atoms with Crippen LogP contribution in [0, 0.1) is 0 Å². The molecule has 1 N–H and O–H groups in total. The number of carbonyl (C=O) groups is 3. The van der Waals surface area contributed by atoms with E-state index < -0.39 is 33.0 Å². The van der Waals surface area contributed by atoms with Gasteiger partial charge in [0.1, 0.15) is 5.25 Å². The quantitative estimate of drug-likeness (QED) is 0.408. The number of amides is 2. The Morgan fingerprint density at radius 1 is 1.18 bits per heavy atom. The molecule has 0 fully saturated rings. The number of carbonyl (C=O) groups excluding carboxylic acids is 3. The summed E-state index contributed by atoms with van der Waals surface area (Å²) in [6.07, 6.45) is 3.04. The Kier molecular flexibility index (Phi) is 8.81. The van der Waals surface area contributed by atoms with E-state index in [2.05, 4.69) is 0 Å².